The Morgan fingerprint density at radius 3 is 2.33 bits per heavy atom. The average Bonchev–Trinajstić information content (AvgIpc) is 2.75. The summed E-state index contributed by atoms with van der Waals surface area (Å²) in [6.45, 7) is 4.45. The fourth-order valence-corrected chi connectivity index (χ4v) is 3.90. The molecule has 5 nitrogen and oxygen atoms in total. The molecule has 0 saturated carbocycles. The lowest BCUT2D eigenvalue weighted by Gasteiger charge is -2.31. The van der Waals surface area contributed by atoms with E-state index in [1.165, 1.54) is 5.56 Å². The molecule has 1 atom stereocenters. The molecule has 2 aromatic carbocycles. The summed E-state index contributed by atoms with van der Waals surface area (Å²) >= 11 is 0. The van der Waals surface area contributed by atoms with E-state index in [2.05, 4.69) is 52.4 Å². The minimum Gasteiger partial charge on any atom is -0.325 e. The highest BCUT2D eigenvalue weighted by atomic mass is 16.2. The summed E-state index contributed by atoms with van der Waals surface area (Å²) in [4.78, 5) is 16.8. The van der Waals surface area contributed by atoms with Gasteiger partial charge in [-0.25, -0.2) is 0 Å². The van der Waals surface area contributed by atoms with Gasteiger partial charge < -0.3 is 15.6 Å². The molecule has 1 aliphatic rings. The molecule has 1 saturated heterocycles. The van der Waals surface area contributed by atoms with Crippen LogP contribution in [-0.2, 0) is 4.79 Å². The molecule has 0 aliphatic carbocycles. The molecular formula is C25H34N4O. The Morgan fingerprint density at radius 2 is 1.73 bits per heavy atom. The van der Waals surface area contributed by atoms with E-state index in [0.717, 1.165) is 37.2 Å². The second kappa shape index (κ2) is 10.5. The van der Waals surface area contributed by atoms with Crippen molar-refractivity contribution in [2.45, 2.75) is 38.1 Å². The predicted molar refractivity (Wildman–Crippen MR) is 125 cm³/mol. The quantitative estimate of drug-likeness (QED) is 0.646. The van der Waals surface area contributed by atoms with Crippen LogP contribution < -0.4 is 5.32 Å². The highest BCUT2D eigenvalue weighted by Gasteiger charge is 2.22. The van der Waals surface area contributed by atoms with Crippen molar-refractivity contribution in [3.63, 3.8) is 0 Å². The van der Waals surface area contributed by atoms with Gasteiger partial charge in [0.05, 0.1) is 6.54 Å². The first kappa shape index (κ1) is 22.2. The van der Waals surface area contributed by atoms with Crippen molar-refractivity contribution in [1.82, 2.24) is 9.80 Å². The lowest BCUT2D eigenvalue weighted by molar-refractivity contribution is -0.117. The summed E-state index contributed by atoms with van der Waals surface area (Å²) in [5, 5.41) is 11.3. The van der Waals surface area contributed by atoms with E-state index >= 15 is 0 Å². The molecule has 30 heavy (non-hydrogen) atoms. The van der Waals surface area contributed by atoms with Crippen LogP contribution in [0.3, 0.4) is 0 Å². The summed E-state index contributed by atoms with van der Waals surface area (Å²) < 4.78 is 0. The third kappa shape index (κ3) is 6.25. The molecule has 1 heterocycles. The van der Waals surface area contributed by atoms with Crippen LogP contribution in [0.1, 0.15) is 43.2 Å². The van der Waals surface area contributed by atoms with Crippen LogP contribution in [0.4, 0.5) is 5.69 Å². The number of amides is 1. The number of carbonyl (C=O) groups is 1. The highest BCUT2D eigenvalue weighted by Crippen LogP contribution is 2.27. The van der Waals surface area contributed by atoms with Crippen molar-refractivity contribution in [3.8, 4) is 0 Å². The molecule has 1 aliphatic heterocycles. The van der Waals surface area contributed by atoms with Gasteiger partial charge in [-0.2, -0.15) is 0 Å². The van der Waals surface area contributed by atoms with Crippen LogP contribution in [0, 0.1) is 5.41 Å². The molecule has 0 spiro atoms. The Bertz CT molecular complexity index is 824. The van der Waals surface area contributed by atoms with Gasteiger partial charge in [0.15, 0.2) is 0 Å². The van der Waals surface area contributed by atoms with Crippen LogP contribution in [0.15, 0.2) is 54.6 Å². The number of benzene rings is 2. The van der Waals surface area contributed by atoms with Gasteiger partial charge in [0, 0.05) is 23.9 Å². The topological polar surface area (TPSA) is 59.4 Å². The first-order chi connectivity index (χ1) is 14.4. The molecule has 0 unspecified atom stereocenters. The molecule has 0 radical (unpaired) electrons. The first-order valence-corrected chi connectivity index (χ1v) is 10.8. The number of nitrogens with zero attached hydrogens (tertiary/aromatic N) is 2. The molecular weight excluding hydrogens is 372 g/mol. The fraction of sp³-hybridized carbons (Fsp3) is 0.440. The van der Waals surface area contributed by atoms with Gasteiger partial charge in [0.2, 0.25) is 5.91 Å². The van der Waals surface area contributed by atoms with Crippen molar-refractivity contribution in [1.29, 1.82) is 5.41 Å². The molecule has 1 fully saturated rings. The highest BCUT2D eigenvalue weighted by molar-refractivity contribution is 5.99. The number of anilines is 1. The van der Waals surface area contributed by atoms with Crippen LogP contribution in [-0.4, -0.2) is 61.2 Å². The van der Waals surface area contributed by atoms with Crippen LogP contribution in [0.5, 0.6) is 0 Å². The lowest BCUT2D eigenvalue weighted by Crippen LogP contribution is -2.38. The molecule has 0 bridgehead atoms. The monoisotopic (exact) mass is 406 g/mol. The molecule has 2 aromatic rings. The van der Waals surface area contributed by atoms with Crippen LogP contribution in [0.25, 0.3) is 0 Å². The second-order valence-electron chi connectivity index (χ2n) is 8.58. The Hall–Kier alpha value is -2.50. The maximum Gasteiger partial charge on any atom is 0.238 e. The van der Waals surface area contributed by atoms with E-state index in [-0.39, 0.29) is 5.91 Å². The number of piperidine rings is 1. The van der Waals surface area contributed by atoms with Crippen molar-refractivity contribution in [2.75, 3.05) is 39.0 Å². The second-order valence-corrected chi connectivity index (χ2v) is 8.58. The Morgan fingerprint density at radius 1 is 1.10 bits per heavy atom. The van der Waals surface area contributed by atoms with Crippen LogP contribution in [0.2, 0.25) is 0 Å². The zero-order chi connectivity index (χ0) is 21.5. The standard InChI is InChI=1S/C25H34N4O/c1-19(28(2)3)17-24(26)22-9-11-23(12-10-22)27-25(30)18-29-15-13-21(14-16-29)20-7-5-4-6-8-20/h4-12,19,21,26H,13-18H2,1-3H3,(H,27,30)/t19-/m1/s1. The summed E-state index contributed by atoms with van der Waals surface area (Å²) in [5.41, 5.74) is 3.73. The Labute approximate surface area is 180 Å². The smallest absolute Gasteiger partial charge is 0.238 e. The minimum atomic E-state index is 0.0252. The van der Waals surface area contributed by atoms with Crippen LogP contribution >= 0.6 is 0 Å². The SMILES string of the molecule is C[C@H](CC(=N)c1ccc(NC(=O)CN2CCC(c3ccccc3)CC2)cc1)N(C)C. The Balaban J connectivity index is 1.44. The lowest BCUT2D eigenvalue weighted by atomic mass is 9.89. The van der Waals surface area contributed by atoms with E-state index in [1.54, 1.807) is 0 Å². The van der Waals surface area contributed by atoms with Gasteiger partial charge in [0.1, 0.15) is 0 Å². The molecule has 160 valence electrons. The maximum atomic E-state index is 12.5. The van der Waals surface area contributed by atoms with E-state index < -0.39 is 0 Å². The van der Waals surface area contributed by atoms with Crippen molar-refractivity contribution in [3.05, 3.63) is 65.7 Å². The van der Waals surface area contributed by atoms with Gasteiger partial charge in [0.25, 0.3) is 0 Å². The van der Waals surface area contributed by atoms with Gasteiger partial charge in [-0.15, -0.1) is 0 Å². The first-order valence-electron chi connectivity index (χ1n) is 10.8. The molecule has 3 rings (SSSR count). The third-order valence-corrected chi connectivity index (χ3v) is 6.12. The van der Waals surface area contributed by atoms with Gasteiger partial charge >= 0.3 is 0 Å². The number of hydrogen-bond donors (Lipinski definition) is 2. The van der Waals surface area contributed by atoms with Crippen molar-refractivity contribution >= 4 is 17.3 Å². The van der Waals surface area contributed by atoms with Gasteiger partial charge in [-0.1, -0.05) is 42.5 Å². The predicted octanol–water partition coefficient (Wildman–Crippen LogP) is 4.21. The third-order valence-electron chi connectivity index (χ3n) is 6.12. The van der Waals surface area contributed by atoms with Gasteiger partial charge in [-0.3, -0.25) is 9.69 Å². The summed E-state index contributed by atoms with van der Waals surface area (Å²) in [7, 11) is 4.06. The van der Waals surface area contributed by atoms with E-state index in [1.807, 2.05) is 38.4 Å². The number of nitrogens with one attached hydrogen (secondary N) is 2. The van der Waals surface area contributed by atoms with Gasteiger partial charge in [-0.05, 0) is 76.1 Å². The molecule has 0 aromatic heterocycles. The fourth-order valence-electron chi connectivity index (χ4n) is 3.90. The molecule has 2 N–H and O–H groups in total. The average molecular weight is 407 g/mol. The number of likely N-dealkylation sites (tertiary alicyclic amines) is 1. The Kier molecular flexibility index (Phi) is 7.77. The number of hydrogen-bond acceptors (Lipinski definition) is 4. The number of rotatable bonds is 8. The van der Waals surface area contributed by atoms with Crippen molar-refractivity contribution in [2.24, 2.45) is 0 Å². The zero-order valence-electron chi connectivity index (χ0n) is 18.4. The van der Waals surface area contributed by atoms with E-state index in [4.69, 9.17) is 5.41 Å². The van der Waals surface area contributed by atoms with Crippen molar-refractivity contribution < 1.29 is 4.79 Å². The normalized spacial score (nSPS) is 16.4. The summed E-state index contributed by atoms with van der Waals surface area (Å²) in [5.74, 6) is 0.626. The molecule has 5 heteroatoms. The number of carbonyl (C=O) groups excluding carboxylic acids is 1. The van der Waals surface area contributed by atoms with E-state index in [9.17, 15) is 4.79 Å². The summed E-state index contributed by atoms with van der Waals surface area (Å²) in [6.07, 6.45) is 2.90. The summed E-state index contributed by atoms with van der Waals surface area (Å²) in [6, 6.07) is 18.6. The van der Waals surface area contributed by atoms with E-state index in [0.29, 0.717) is 30.6 Å². The maximum absolute atomic E-state index is 12.5. The molecule has 1 amide bonds. The zero-order valence-corrected chi connectivity index (χ0v) is 18.4. The minimum absolute atomic E-state index is 0.0252. The largest absolute Gasteiger partial charge is 0.325 e.